The molecule has 312 valence electrons. The van der Waals surface area contributed by atoms with E-state index in [0.717, 1.165) is 27.8 Å². The van der Waals surface area contributed by atoms with Crippen molar-refractivity contribution in [2.75, 3.05) is 69.6 Å². The highest BCUT2D eigenvalue weighted by Gasteiger charge is 2.45. The van der Waals surface area contributed by atoms with Crippen LogP contribution >= 0.6 is 11.6 Å². The zero-order valence-corrected chi connectivity index (χ0v) is 33.4. The molecule has 0 aliphatic carbocycles. The molecule has 8 rings (SSSR count). The fourth-order valence-electron chi connectivity index (χ4n) is 8.09. The normalized spacial score (nSPS) is 25.0. The first kappa shape index (κ1) is 32.2. The number of ether oxygens (including phenoxy) is 1. The average Bonchev–Trinajstić information content (AvgIpc) is 3.53. The van der Waals surface area contributed by atoms with Crippen molar-refractivity contribution in [2.24, 2.45) is 5.92 Å². The van der Waals surface area contributed by atoms with Crippen LogP contribution in [0.25, 0.3) is 11.1 Å². The summed E-state index contributed by atoms with van der Waals surface area (Å²) >= 11 is 6.31. The molecule has 4 aliphatic rings. The monoisotopic (exact) mass is 841 g/mol. The molecule has 4 amide bonds. The van der Waals surface area contributed by atoms with Gasteiger partial charge in [-0.1, -0.05) is 54.6 Å². The Morgan fingerprint density at radius 1 is 0.817 bits per heavy atom. The number of hydrogen-bond acceptors (Lipinski definition) is 9. The predicted molar refractivity (Wildman–Crippen MR) is 229 cm³/mol. The van der Waals surface area contributed by atoms with Crippen molar-refractivity contribution in [3.05, 3.63) is 125 Å². The standard InChI is InChI=1S/C47H49ClFN5O6/c48-19-16-37(32-4-2-1-3-5-32)44(33-6-10-35(55)11-7-33)34-8-12-36(13-9-34)60-27-26-51-20-17-31(18-21-51)30-52-22-24-53(25-23-52)42-29-39-38(28-40(42)49)46(58)54(47(39)59)41-14-15-43(56)50-45(41)57/h1-13,28-29,31,41,55H,14-27,30H2,(H,50,56,57)/i22D2,23D2,24D2,25D2. The number of phenolic OH excluding ortho intramolecular Hbond substituents is 1. The summed E-state index contributed by atoms with van der Waals surface area (Å²) in [5, 5.41) is 12.0. The first-order chi connectivity index (χ1) is 32.2. The summed E-state index contributed by atoms with van der Waals surface area (Å²) in [7, 11) is 0. The number of nitrogens with zero attached hydrogens (tertiary/aromatic N) is 4. The number of rotatable bonds is 13. The molecule has 0 bridgehead atoms. The van der Waals surface area contributed by atoms with Gasteiger partial charge in [-0.3, -0.25) is 39.2 Å². The van der Waals surface area contributed by atoms with E-state index in [1.54, 1.807) is 12.1 Å². The number of anilines is 1. The molecule has 3 fully saturated rings. The SMILES string of the molecule is [2H]C1([2H])N(CC2CCN(CCOc3ccc(C(=C(CCCl)c4ccccc4)c4ccc(O)cc4)cc3)CC2)C([2H])([2H])C([2H])([2H])N(c2cc3c(cc2F)C(=O)N(C2CCC(=O)NC2=O)C3=O)C1([2H])[2H]. The Labute approximate surface area is 365 Å². The molecule has 0 saturated carbocycles. The summed E-state index contributed by atoms with van der Waals surface area (Å²) in [4.78, 5) is 54.4. The van der Waals surface area contributed by atoms with Gasteiger partial charge in [0.1, 0.15) is 30.0 Å². The Kier molecular flexibility index (Phi) is 9.87. The zero-order chi connectivity index (χ0) is 48.9. The van der Waals surface area contributed by atoms with Crippen molar-refractivity contribution < 1.29 is 44.4 Å². The number of phenols is 1. The van der Waals surface area contributed by atoms with E-state index in [1.165, 1.54) is 0 Å². The molecule has 60 heavy (non-hydrogen) atoms. The van der Waals surface area contributed by atoms with Crippen molar-refractivity contribution in [1.29, 1.82) is 0 Å². The molecule has 0 aromatic heterocycles. The molecule has 11 nitrogen and oxygen atoms in total. The zero-order valence-electron chi connectivity index (χ0n) is 40.6. The Morgan fingerprint density at radius 3 is 2.12 bits per heavy atom. The topological polar surface area (TPSA) is 123 Å². The number of piperazine rings is 1. The summed E-state index contributed by atoms with van der Waals surface area (Å²) in [6, 6.07) is 24.6. The van der Waals surface area contributed by atoms with Gasteiger partial charge in [-0.05, 0) is 109 Å². The van der Waals surface area contributed by atoms with Crippen LogP contribution in [0, 0.1) is 11.7 Å². The van der Waals surface area contributed by atoms with Crippen molar-refractivity contribution in [3.63, 3.8) is 0 Å². The van der Waals surface area contributed by atoms with Crippen molar-refractivity contribution in [2.45, 2.75) is 38.1 Å². The summed E-state index contributed by atoms with van der Waals surface area (Å²) in [5.41, 5.74) is 2.90. The third kappa shape index (κ3) is 8.96. The highest BCUT2D eigenvalue weighted by molar-refractivity contribution is 6.24. The molecule has 0 spiro atoms. The Bertz CT molecular complexity index is 2610. The van der Waals surface area contributed by atoms with Gasteiger partial charge in [0.05, 0.1) is 22.3 Å². The van der Waals surface area contributed by atoms with Gasteiger partial charge in [-0.25, -0.2) is 4.39 Å². The quantitative estimate of drug-likeness (QED) is 0.0891. The van der Waals surface area contributed by atoms with E-state index in [-0.39, 0.29) is 36.0 Å². The maximum atomic E-state index is 16.1. The number of benzene rings is 4. The fourth-order valence-corrected chi connectivity index (χ4v) is 8.28. The lowest BCUT2D eigenvalue weighted by molar-refractivity contribution is -0.136. The Morgan fingerprint density at radius 2 is 1.47 bits per heavy atom. The molecule has 4 aliphatic heterocycles. The van der Waals surface area contributed by atoms with Gasteiger partial charge in [-0.2, -0.15) is 0 Å². The molecule has 4 aromatic rings. The van der Waals surface area contributed by atoms with E-state index in [2.05, 4.69) is 4.90 Å². The van der Waals surface area contributed by atoms with E-state index in [4.69, 9.17) is 27.3 Å². The molecule has 4 aromatic carbocycles. The smallest absolute Gasteiger partial charge is 0.262 e. The Hall–Kier alpha value is -5.56. The lowest BCUT2D eigenvalue weighted by Crippen LogP contribution is -2.54. The number of carbonyl (C=O) groups excluding carboxylic acids is 4. The predicted octanol–water partition coefficient (Wildman–Crippen LogP) is 6.43. The number of imide groups is 2. The average molecular weight is 842 g/mol. The van der Waals surface area contributed by atoms with E-state index in [1.807, 2.05) is 72.0 Å². The number of nitrogens with one attached hydrogen (secondary N) is 1. The molecule has 2 N–H and O–H groups in total. The van der Waals surface area contributed by atoms with Gasteiger partial charge in [0.15, 0.2) is 0 Å². The first-order valence-electron chi connectivity index (χ1n) is 23.9. The van der Waals surface area contributed by atoms with Crippen LogP contribution in [0.4, 0.5) is 10.1 Å². The van der Waals surface area contributed by atoms with E-state index >= 15 is 4.39 Å². The number of piperidine rings is 2. The number of aromatic hydroxyl groups is 1. The van der Waals surface area contributed by atoms with Crippen molar-refractivity contribution in [1.82, 2.24) is 20.0 Å². The largest absolute Gasteiger partial charge is 0.508 e. The molecule has 3 saturated heterocycles. The number of amides is 4. The van der Waals surface area contributed by atoms with Crippen LogP contribution in [-0.2, 0) is 9.59 Å². The maximum Gasteiger partial charge on any atom is 0.262 e. The van der Waals surface area contributed by atoms with Crippen LogP contribution < -0.4 is 15.0 Å². The second kappa shape index (κ2) is 18.4. The van der Waals surface area contributed by atoms with Crippen LogP contribution in [0.3, 0.4) is 0 Å². The van der Waals surface area contributed by atoms with Gasteiger partial charge in [0.2, 0.25) is 11.8 Å². The van der Waals surface area contributed by atoms with Crippen LogP contribution in [0.1, 0.15) is 80.5 Å². The molecule has 13 heteroatoms. The van der Waals surface area contributed by atoms with Crippen molar-refractivity contribution >= 4 is 52.1 Å². The van der Waals surface area contributed by atoms with Crippen molar-refractivity contribution in [3.8, 4) is 11.5 Å². The minimum Gasteiger partial charge on any atom is -0.508 e. The van der Waals surface area contributed by atoms with Gasteiger partial charge in [-0.15, -0.1) is 11.6 Å². The van der Waals surface area contributed by atoms with Crippen LogP contribution in [0.15, 0.2) is 91.0 Å². The third-order valence-electron chi connectivity index (χ3n) is 11.2. The number of allylic oxidation sites excluding steroid dienone is 1. The summed E-state index contributed by atoms with van der Waals surface area (Å²) in [6.07, 6.45) is 1.14. The lowest BCUT2D eigenvalue weighted by Gasteiger charge is -2.39. The van der Waals surface area contributed by atoms with Crippen LogP contribution in [0.5, 0.6) is 11.5 Å². The highest BCUT2D eigenvalue weighted by atomic mass is 35.5. The maximum absolute atomic E-state index is 16.1. The third-order valence-corrected chi connectivity index (χ3v) is 11.4. The summed E-state index contributed by atoms with van der Waals surface area (Å²) < 4.78 is 94.1. The highest BCUT2D eigenvalue weighted by Crippen LogP contribution is 2.37. The number of carbonyl (C=O) groups is 4. The van der Waals surface area contributed by atoms with E-state index in [0.29, 0.717) is 79.1 Å². The molecule has 4 heterocycles. The van der Waals surface area contributed by atoms with Gasteiger partial charge in [0.25, 0.3) is 11.8 Å². The minimum atomic E-state index is -3.46. The molecule has 0 radical (unpaired) electrons. The van der Waals surface area contributed by atoms with Gasteiger partial charge < -0.3 is 14.7 Å². The molecule has 1 atom stereocenters. The minimum absolute atomic E-state index is 0.0175. The van der Waals surface area contributed by atoms with Gasteiger partial charge in [0, 0.05) is 56.9 Å². The number of likely N-dealkylation sites (tertiary alicyclic amines) is 1. The number of fused-ring (bicyclic) bond motifs is 1. The Balaban J connectivity index is 0.918. The first-order valence-corrected chi connectivity index (χ1v) is 20.4. The van der Waals surface area contributed by atoms with Gasteiger partial charge >= 0.3 is 0 Å². The second-order valence-electron chi connectivity index (χ2n) is 15.1. The number of hydrogen-bond donors (Lipinski definition) is 2. The van der Waals surface area contributed by atoms with Crippen LogP contribution in [-0.4, -0.2) is 114 Å². The van der Waals surface area contributed by atoms with E-state index in [9.17, 15) is 24.3 Å². The summed E-state index contributed by atoms with van der Waals surface area (Å²) in [6.45, 7) is -11.9. The number of halogens is 2. The summed E-state index contributed by atoms with van der Waals surface area (Å²) in [5.74, 6) is -4.28. The van der Waals surface area contributed by atoms with Crippen LogP contribution in [0.2, 0.25) is 0 Å². The lowest BCUT2D eigenvalue weighted by atomic mass is 9.88. The molecular weight excluding hydrogens is 785 g/mol. The molecular formula is C47H49ClFN5O6. The fraction of sp³-hybridized carbons (Fsp3) is 0.362. The molecule has 1 unspecified atom stereocenters. The second-order valence-corrected chi connectivity index (χ2v) is 15.4. The van der Waals surface area contributed by atoms with E-state index < -0.39 is 78.3 Å². The number of alkyl halides is 1.